The molecule has 152 valence electrons. The molecule has 7 heteroatoms. The first-order valence-corrected chi connectivity index (χ1v) is 9.97. The first-order valence-electron chi connectivity index (χ1n) is 9.15. The first kappa shape index (κ1) is 21.1. The number of anilines is 1. The van der Waals surface area contributed by atoms with Gasteiger partial charge in [-0.15, -0.1) is 0 Å². The van der Waals surface area contributed by atoms with E-state index in [-0.39, 0.29) is 18.4 Å². The quantitative estimate of drug-likeness (QED) is 0.581. The molecule has 0 saturated carbocycles. The predicted molar refractivity (Wildman–Crippen MR) is 115 cm³/mol. The molecule has 0 bridgehead atoms. The van der Waals surface area contributed by atoms with Crippen LogP contribution in [0.2, 0.25) is 0 Å². The van der Waals surface area contributed by atoms with Gasteiger partial charge in [-0.25, -0.2) is 0 Å². The number of nitrogens with one attached hydrogen (secondary N) is 1. The Balaban J connectivity index is 1.83. The molecule has 0 saturated heterocycles. The van der Waals surface area contributed by atoms with Gasteiger partial charge in [-0.05, 0) is 42.3 Å². The number of benzene rings is 2. The van der Waals surface area contributed by atoms with E-state index in [0.29, 0.717) is 16.2 Å². The molecular weight excluding hydrogens is 388 g/mol. The maximum atomic E-state index is 12.9. The Morgan fingerprint density at radius 1 is 1.21 bits per heavy atom. The van der Waals surface area contributed by atoms with Crippen molar-refractivity contribution >= 4 is 35.3 Å². The molecule has 1 aliphatic heterocycles. The molecule has 2 aromatic carbocycles. The van der Waals surface area contributed by atoms with Gasteiger partial charge in [0.1, 0.15) is 0 Å². The van der Waals surface area contributed by atoms with Gasteiger partial charge < -0.3 is 19.7 Å². The highest BCUT2D eigenvalue weighted by Gasteiger charge is 2.27. The molecule has 0 radical (unpaired) electrons. The Hall–Kier alpha value is -2.61. The third-order valence-corrected chi connectivity index (χ3v) is 5.83. The van der Waals surface area contributed by atoms with E-state index in [4.69, 9.17) is 9.47 Å². The standard InChI is InChI=1S/C22H24N2O4S/c1-14-7-5-6-8-15(14)12-19-22(26)24(2)17-11-16(9-10-18(17)29-19)21(25)23-13-20(27-3)28-4/h5-12,20H,13H2,1-4H3,(H,23,25). The van der Waals surface area contributed by atoms with Crippen molar-refractivity contribution < 1.29 is 19.1 Å². The van der Waals surface area contributed by atoms with Crippen molar-refractivity contribution in [1.82, 2.24) is 5.32 Å². The third kappa shape index (κ3) is 4.70. The van der Waals surface area contributed by atoms with Crippen molar-refractivity contribution in [2.75, 3.05) is 32.7 Å². The zero-order valence-corrected chi connectivity index (χ0v) is 17.7. The number of carbonyl (C=O) groups excluding carboxylic acids is 2. The third-order valence-electron chi connectivity index (χ3n) is 4.75. The van der Waals surface area contributed by atoms with Gasteiger partial charge in [-0.3, -0.25) is 9.59 Å². The molecule has 1 N–H and O–H groups in total. The molecule has 1 heterocycles. The van der Waals surface area contributed by atoms with E-state index in [9.17, 15) is 9.59 Å². The molecule has 0 spiro atoms. The minimum atomic E-state index is -0.509. The number of hydrogen-bond donors (Lipinski definition) is 1. The molecular formula is C22H24N2O4S. The summed E-state index contributed by atoms with van der Waals surface area (Å²) in [6.45, 7) is 2.25. The number of fused-ring (bicyclic) bond motifs is 1. The molecule has 0 fully saturated rings. The van der Waals surface area contributed by atoms with Gasteiger partial charge >= 0.3 is 0 Å². The highest BCUT2D eigenvalue weighted by Crippen LogP contribution is 2.42. The Kier molecular flexibility index (Phi) is 6.74. The van der Waals surface area contributed by atoms with E-state index in [1.807, 2.05) is 43.3 Å². The summed E-state index contributed by atoms with van der Waals surface area (Å²) in [5, 5.41) is 2.77. The fraction of sp³-hybridized carbons (Fsp3) is 0.273. The lowest BCUT2D eigenvalue weighted by molar-refractivity contribution is -0.114. The number of carbonyl (C=O) groups is 2. The summed E-state index contributed by atoms with van der Waals surface area (Å²) in [6, 6.07) is 13.3. The number of nitrogens with zero attached hydrogens (tertiary/aromatic N) is 1. The summed E-state index contributed by atoms with van der Waals surface area (Å²) in [6.07, 6.45) is 1.41. The van der Waals surface area contributed by atoms with Crippen LogP contribution in [0.1, 0.15) is 21.5 Å². The number of hydrogen-bond acceptors (Lipinski definition) is 5. The highest BCUT2D eigenvalue weighted by atomic mass is 32.2. The topological polar surface area (TPSA) is 67.9 Å². The number of rotatable bonds is 6. The molecule has 0 aliphatic carbocycles. The molecule has 0 atom stereocenters. The van der Waals surface area contributed by atoms with Crippen molar-refractivity contribution in [2.24, 2.45) is 0 Å². The lowest BCUT2D eigenvalue weighted by atomic mass is 10.1. The Bertz CT molecular complexity index is 954. The van der Waals surface area contributed by atoms with Crippen LogP contribution in [-0.4, -0.2) is 45.9 Å². The number of ether oxygens (including phenoxy) is 2. The summed E-state index contributed by atoms with van der Waals surface area (Å²) in [4.78, 5) is 28.5. The van der Waals surface area contributed by atoms with E-state index in [2.05, 4.69) is 5.32 Å². The number of amides is 2. The molecule has 2 aromatic rings. The van der Waals surface area contributed by atoms with Crippen LogP contribution in [-0.2, 0) is 14.3 Å². The predicted octanol–water partition coefficient (Wildman–Crippen LogP) is 3.45. The molecule has 29 heavy (non-hydrogen) atoms. The van der Waals surface area contributed by atoms with Gasteiger partial charge in [-0.2, -0.15) is 0 Å². The van der Waals surface area contributed by atoms with E-state index < -0.39 is 6.29 Å². The molecule has 1 aliphatic rings. The molecule has 0 aromatic heterocycles. The molecule has 2 amide bonds. The van der Waals surface area contributed by atoms with Crippen LogP contribution in [0.4, 0.5) is 5.69 Å². The second-order valence-electron chi connectivity index (χ2n) is 6.62. The Morgan fingerprint density at radius 3 is 2.62 bits per heavy atom. The zero-order chi connectivity index (χ0) is 21.0. The minimum absolute atomic E-state index is 0.0952. The summed E-state index contributed by atoms with van der Waals surface area (Å²) in [5.74, 6) is -0.346. The Labute approximate surface area is 174 Å². The average Bonchev–Trinajstić information content (AvgIpc) is 2.73. The van der Waals surface area contributed by atoms with Crippen LogP contribution in [0.5, 0.6) is 0 Å². The number of likely N-dealkylation sites (N-methyl/N-ethyl adjacent to an activating group) is 1. The fourth-order valence-corrected chi connectivity index (χ4v) is 4.05. The second kappa shape index (κ2) is 9.26. The smallest absolute Gasteiger partial charge is 0.264 e. The zero-order valence-electron chi connectivity index (χ0n) is 16.9. The van der Waals surface area contributed by atoms with Crippen molar-refractivity contribution in [3.8, 4) is 0 Å². The first-order chi connectivity index (χ1) is 13.9. The van der Waals surface area contributed by atoms with E-state index in [1.165, 1.54) is 26.0 Å². The van der Waals surface area contributed by atoms with E-state index >= 15 is 0 Å². The van der Waals surface area contributed by atoms with Gasteiger partial charge in [0.05, 0.1) is 17.1 Å². The van der Waals surface area contributed by atoms with Gasteiger partial charge in [-0.1, -0.05) is 36.0 Å². The van der Waals surface area contributed by atoms with Crippen molar-refractivity contribution in [1.29, 1.82) is 0 Å². The van der Waals surface area contributed by atoms with E-state index in [0.717, 1.165) is 16.0 Å². The number of thioether (sulfide) groups is 1. The van der Waals surface area contributed by atoms with Crippen LogP contribution >= 0.6 is 11.8 Å². The van der Waals surface area contributed by atoms with Crippen LogP contribution in [0, 0.1) is 6.92 Å². The van der Waals surface area contributed by atoms with Crippen molar-refractivity contribution in [2.45, 2.75) is 18.1 Å². The summed E-state index contributed by atoms with van der Waals surface area (Å²) in [5.41, 5.74) is 3.31. The lowest BCUT2D eigenvalue weighted by Gasteiger charge is -2.27. The number of aryl methyl sites for hydroxylation is 1. The van der Waals surface area contributed by atoms with E-state index in [1.54, 1.807) is 24.1 Å². The summed E-state index contributed by atoms with van der Waals surface area (Å²) < 4.78 is 10.2. The van der Waals surface area contributed by atoms with Gasteiger partial charge in [0.15, 0.2) is 6.29 Å². The van der Waals surface area contributed by atoms with Gasteiger partial charge in [0.2, 0.25) is 0 Å². The molecule has 6 nitrogen and oxygen atoms in total. The molecule has 3 rings (SSSR count). The lowest BCUT2D eigenvalue weighted by Crippen LogP contribution is -2.34. The van der Waals surface area contributed by atoms with Crippen LogP contribution in [0.25, 0.3) is 6.08 Å². The highest BCUT2D eigenvalue weighted by molar-refractivity contribution is 8.04. The maximum absolute atomic E-state index is 12.9. The van der Waals surface area contributed by atoms with Crippen LogP contribution < -0.4 is 10.2 Å². The van der Waals surface area contributed by atoms with Crippen molar-refractivity contribution in [3.05, 3.63) is 64.1 Å². The van der Waals surface area contributed by atoms with Gasteiger partial charge in [0.25, 0.3) is 11.8 Å². The largest absolute Gasteiger partial charge is 0.354 e. The van der Waals surface area contributed by atoms with Crippen molar-refractivity contribution in [3.63, 3.8) is 0 Å². The summed E-state index contributed by atoms with van der Waals surface area (Å²) >= 11 is 1.42. The minimum Gasteiger partial charge on any atom is -0.354 e. The average molecular weight is 413 g/mol. The maximum Gasteiger partial charge on any atom is 0.264 e. The fourth-order valence-electron chi connectivity index (χ4n) is 2.97. The second-order valence-corrected chi connectivity index (χ2v) is 7.71. The summed E-state index contributed by atoms with van der Waals surface area (Å²) in [7, 11) is 4.75. The number of methoxy groups -OCH3 is 2. The SMILES string of the molecule is COC(CNC(=O)c1ccc2c(c1)N(C)C(=O)C(=Cc1ccccc1C)S2)OC. The normalized spacial score (nSPS) is 15.0. The Morgan fingerprint density at radius 2 is 1.93 bits per heavy atom. The monoisotopic (exact) mass is 412 g/mol. The molecule has 0 unspecified atom stereocenters. The van der Waals surface area contributed by atoms with Gasteiger partial charge in [0, 0.05) is 31.7 Å². The van der Waals surface area contributed by atoms with Crippen LogP contribution in [0.15, 0.2) is 52.3 Å². The van der Waals surface area contributed by atoms with Crippen LogP contribution in [0.3, 0.4) is 0 Å².